The number of carboxylic acid groups (broad SMARTS) is 1. The largest absolute Gasteiger partial charge is 0.480 e. The Hall–Kier alpha value is -2.90. The fourth-order valence-electron chi connectivity index (χ4n) is 2.80. The first-order chi connectivity index (χ1) is 14.4. The fraction of sp³-hybridized carbons (Fsp3) is 0.227. The van der Waals surface area contributed by atoms with Gasteiger partial charge in [-0.05, 0) is 43.7 Å². The van der Waals surface area contributed by atoms with Crippen molar-refractivity contribution in [3.63, 3.8) is 0 Å². The molecule has 0 bridgehead atoms. The Morgan fingerprint density at radius 2 is 1.83 bits per heavy atom. The molecule has 8 heteroatoms. The van der Waals surface area contributed by atoms with Gasteiger partial charge in [0.2, 0.25) is 0 Å². The van der Waals surface area contributed by atoms with Gasteiger partial charge in [-0.15, -0.1) is 11.3 Å². The van der Waals surface area contributed by atoms with Crippen molar-refractivity contribution in [2.75, 3.05) is 11.4 Å². The Labute approximate surface area is 184 Å². The summed E-state index contributed by atoms with van der Waals surface area (Å²) >= 11 is 7.54. The Kier molecular flexibility index (Phi) is 7.07. The number of aromatic nitrogens is 1. The lowest BCUT2D eigenvalue weighted by atomic mass is 10.1. The Balaban J connectivity index is 1.68. The van der Waals surface area contributed by atoms with E-state index < -0.39 is 17.9 Å². The molecule has 0 aliphatic carbocycles. The van der Waals surface area contributed by atoms with Crippen molar-refractivity contribution in [2.24, 2.45) is 0 Å². The van der Waals surface area contributed by atoms with Gasteiger partial charge >= 0.3 is 5.97 Å². The molecule has 1 aromatic heterocycles. The van der Waals surface area contributed by atoms with Gasteiger partial charge in [-0.2, -0.15) is 0 Å². The average molecular weight is 444 g/mol. The molecule has 1 atom stereocenters. The van der Waals surface area contributed by atoms with Crippen LogP contribution in [0.5, 0.6) is 0 Å². The molecule has 1 heterocycles. The van der Waals surface area contributed by atoms with Crippen LogP contribution in [0, 0.1) is 0 Å². The van der Waals surface area contributed by atoms with E-state index in [1.807, 2.05) is 41.8 Å². The number of carbonyl (C=O) groups is 2. The lowest BCUT2D eigenvalue weighted by Crippen LogP contribution is -2.38. The summed E-state index contributed by atoms with van der Waals surface area (Å²) in [6.07, 6.45) is 0. The smallest absolute Gasteiger partial charge is 0.325 e. The third-order valence-electron chi connectivity index (χ3n) is 4.59. The summed E-state index contributed by atoms with van der Waals surface area (Å²) in [6.45, 7) is 4.93. The van der Waals surface area contributed by atoms with Gasteiger partial charge in [0.25, 0.3) is 5.91 Å². The molecule has 0 saturated heterocycles. The third-order valence-corrected chi connectivity index (χ3v) is 5.75. The molecular weight excluding hydrogens is 422 g/mol. The highest BCUT2D eigenvalue weighted by molar-refractivity contribution is 7.14. The first kappa shape index (κ1) is 21.8. The Morgan fingerprint density at radius 1 is 1.17 bits per heavy atom. The van der Waals surface area contributed by atoms with Gasteiger partial charge < -0.3 is 15.3 Å². The minimum atomic E-state index is -1.07. The fourth-order valence-corrected chi connectivity index (χ4v) is 3.83. The van der Waals surface area contributed by atoms with E-state index in [1.165, 1.54) is 6.92 Å². The van der Waals surface area contributed by atoms with Crippen LogP contribution in [-0.4, -0.2) is 34.6 Å². The second kappa shape index (κ2) is 9.73. The SMILES string of the molecule is CCN(Cc1ccc(C(=O)NC(C)C(=O)O)cc1)c1nc(-c2ccc(Cl)cc2)cs1. The topological polar surface area (TPSA) is 82.5 Å². The molecule has 0 radical (unpaired) electrons. The second-order valence-electron chi connectivity index (χ2n) is 6.77. The summed E-state index contributed by atoms with van der Waals surface area (Å²) in [5, 5.41) is 15.0. The lowest BCUT2D eigenvalue weighted by molar-refractivity contribution is -0.138. The number of halogens is 1. The Morgan fingerprint density at radius 3 is 2.43 bits per heavy atom. The van der Waals surface area contributed by atoms with Crippen LogP contribution in [0.15, 0.2) is 53.9 Å². The molecule has 6 nitrogen and oxygen atoms in total. The summed E-state index contributed by atoms with van der Waals surface area (Å²) in [4.78, 5) is 29.9. The lowest BCUT2D eigenvalue weighted by Gasteiger charge is -2.20. The second-order valence-corrected chi connectivity index (χ2v) is 8.04. The number of anilines is 1. The van der Waals surface area contributed by atoms with Gasteiger partial charge in [-0.25, -0.2) is 4.98 Å². The molecule has 1 unspecified atom stereocenters. The maximum atomic E-state index is 12.1. The Bertz CT molecular complexity index is 1020. The normalized spacial score (nSPS) is 11.7. The number of benzene rings is 2. The standard InChI is InChI=1S/C22H22ClN3O3S/c1-3-26(22-25-19(13-30-22)16-8-10-18(23)11-9-16)12-15-4-6-17(7-5-15)20(27)24-14(2)21(28)29/h4-11,13-14H,3,12H2,1-2H3,(H,24,27)(H,28,29). The number of amides is 1. The number of rotatable bonds is 8. The van der Waals surface area contributed by atoms with Crippen LogP contribution in [0.25, 0.3) is 11.3 Å². The summed E-state index contributed by atoms with van der Waals surface area (Å²) in [7, 11) is 0. The number of hydrogen-bond acceptors (Lipinski definition) is 5. The molecule has 2 aromatic carbocycles. The summed E-state index contributed by atoms with van der Waals surface area (Å²) in [5.74, 6) is -1.48. The molecule has 0 aliphatic rings. The van der Waals surface area contributed by atoms with Gasteiger partial charge in [-0.3, -0.25) is 9.59 Å². The van der Waals surface area contributed by atoms with Gasteiger partial charge in [0.15, 0.2) is 5.13 Å². The quantitative estimate of drug-likeness (QED) is 0.527. The van der Waals surface area contributed by atoms with Gasteiger partial charge in [0.1, 0.15) is 6.04 Å². The zero-order chi connectivity index (χ0) is 21.7. The third kappa shape index (κ3) is 5.37. The van der Waals surface area contributed by atoms with E-state index in [0.717, 1.165) is 28.5 Å². The molecule has 0 spiro atoms. The number of carbonyl (C=O) groups excluding carboxylic acids is 1. The van der Waals surface area contributed by atoms with E-state index in [9.17, 15) is 9.59 Å². The summed E-state index contributed by atoms with van der Waals surface area (Å²) < 4.78 is 0. The summed E-state index contributed by atoms with van der Waals surface area (Å²) in [5.41, 5.74) is 3.38. The van der Waals surface area contributed by atoms with E-state index in [4.69, 9.17) is 21.7 Å². The minimum Gasteiger partial charge on any atom is -0.480 e. The van der Waals surface area contributed by atoms with Crippen LogP contribution in [0.1, 0.15) is 29.8 Å². The van der Waals surface area contributed by atoms with Crippen molar-refractivity contribution in [1.29, 1.82) is 0 Å². The molecule has 3 aromatic rings. The number of nitrogens with zero attached hydrogens (tertiary/aromatic N) is 2. The highest BCUT2D eigenvalue weighted by Gasteiger charge is 2.16. The van der Waals surface area contributed by atoms with E-state index in [-0.39, 0.29) is 0 Å². The monoisotopic (exact) mass is 443 g/mol. The molecule has 156 valence electrons. The van der Waals surface area contributed by atoms with Crippen LogP contribution < -0.4 is 10.2 Å². The van der Waals surface area contributed by atoms with Crippen LogP contribution >= 0.6 is 22.9 Å². The van der Waals surface area contributed by atoms with Crippen molar-refractivity contribution < 1.29 is 14.7 Å². The van der Waals surface area contributed by atoms with Crippen LogP contribution in [0.3, 0.4) is 0 Å². The summed E-state index contributed by atoms with van der Waals surface area (Å²) in [6, 6.07) is 13.8. The van der Waals surface area contributed by atoms with Gasteiger partial charge in [0, 0.05) is 34.6 Å². The number of thiazole rings is 1. The highest BCUT2D eigenvalue weighted by atomic mass is 35.5. The van der Waals surface area contributed by atoms with Crippen molar-refractivity contribution >= 4 is 39.9 Å². The molecule has 2 N–H and O–H groups in total. The van der Waals surface area contributed by atoms with Gasteiger partial charge in [0.05, 0.1) is 5.69 Å². The maximum absolute atomic E-state index is 12.1. The van der Waals surface area contributed by atoms with E-state index in [0.29, 0.717) is 17.1 Å². The van der Waals surface area contributed by atoms with Gasteiger partial charge in [-0.1, -0.05) is 35.9 Å². The van der Waals surface area contributed by atoms with E-state index in [1.54, 1.807) is 23.5 Å². The van der Waals surface area contributed by atoms with E-state index >= 15 is 0 Å². The first-order valence-electron chi connectivity index (χ1n) is 9.46. The highest BCUT2D eigenvalue weighted by Crippen LogP contribution is 2.29. The molecule has 1 amide bonds. The van der Waals surface area contributed by atoms with Crippen LogP contribution in [0.4, 0.5) is 5.13 Å². The molecule has 3 rings (SSSR count). The zero-order valence-electron chi connectivity index (χ0n) is 16.6. The van der Waals surface area contributed by atoms with Crippen LogP contribution in [0.2, 0.25) is 5.02 Å². The zero-order valence-corrected chi connectivity index (χ0v) is 18.2. The van der Waals surface area contributed by atoms with Crippen LogP contribution in [-0.2, 0) is 11.3 Å². The number of hydrogen-bond donors (Lipinski definition) is 2. The molecule has 30 heavy (non-hydrogen) atoms. The molecule has 0 fully saturated rings. The number of carboxylic acids is 1. The first-order valence-corrected chi connectivity index (χ1v) is 10.7. The predicted octanol–water partition coefficient (Wildman–Crippen LogP) is 4.69. The van der Waals surface area contributed by atoms with E-state index in [2.05, 4.69) is 17.1 Å². The molecule has 0 saturated carbocycles. The van der Waals surface area contributed by atoms with Crippen molar-refractivity contribution in [3.05, 3.63) is 70.1 Å². The maximum Gasteiger partial charge on any atom is 0.325 e. The minimum absolute atomic E-state index is 0.406. The number of aliphatic carboxylic acids is 1. The molecule has 0 aliphatic heterocycles. The number of nitrogens with one attached hydrogen (secondary N) is 1. The molecular formula is C22H22ClN3O3S. The predicted molar refractivity (Wildman–Crippen MR) is 120 cm³/mol. The van der Waals surface area contributed by atoms with Crippen molar-refractivity contribution in [1.82, 2.24) is 10.3 Å². The van der Waals surface area contributed by atoms with Crippen molar-refractivity contribution in [3.8, 4) is 11.3 Å². The van der Waals surface area contributed by atoms with Crippen molar-refractivity contribution in [2.45, 2.75) is 26.4 Å². The average Bonchev–Trinajstić information content (AvgIpc) is 3.22.